The Balaban J connectivity index is 1.30. The Morgan fingerprint density at radius 1 is 0.919 bits per heavy atom. The summed E-state index contributed by atoms with van der Waals surface area (Å²) in [5.41, 5.74) is 2.24. The maximum absolute atomic E-state index is 13.5. The van der Waals surface area contributed by atoms with Gasteiger partial charge in [0.15, 0.2) is 23.3 Å². The number of nitrogens with zero attached hydrogens (tertiary/aromatic N) is 4. The molecular weight excluding hydrogens is 474 g/mol. The highest BCUT2D eigenvalue weighted by molar-refractivity contribution is 5.79. The van der Waals surface area contributed by atoms with Gasteiger partial charge in [-0.2, -0.15) is 0 Å². The SMILES string of the molecule is Cc1nc(C2CCCC(CC(=O)Cn3nc(-c4ccc(F)cc4)nc3-c3ccc(F)cc3)CC2)oc1C. The number of rotatable bonds is 7. The smallest absolute Gasteiger partial charge is 0.197 e. The molecule has 2 atom stereocenters. The molecule has 0 radical (unpaired) electrons. The van der Waals surface area contributed by atoms with Crippen LogP contribution in [0.5, 0.6) is 0 Å². The average molecular weight is 505 g/mol. The van der Waals surface area contributed by atoms with Crippen LogP contribution >= 0.6 is 0 Å². The minimum Gasteiger partial charge on any atom is -0.445 e. The molecule has 8 heteroatoms. The number of halogens is 2. The lowest BCUT2D eigenvalue weighted by atomic mass is 9.93. The van der Waals surface area contributed by atoms with Gasteiger partial charge in [-0.05, 0) is 94.0 Å². The summed E-state index contributed by atoms with van der Waals surface area (Å²) in [5, 5.41) is 4.57. The quantitative estimate of drug-likeness (QED) is 0.258. The molecule has 0 spiro atoms. The molecule has 0 amide bonds. The second kappa shape index (κ2) is 10.7. The van der Waals surface area contributed by atoms with Gasteiger partial charge in [0.2, 0.25) is 0 Å². The van der Waals surface area contributed by atoms with Crippen molar-refractivity contribution in [3.8, 4) is 22.8 Å². The van der Waals surface area contributed by atoms with E-state index in [9.17, 15) is 13.6 Å². The topological polar surface area (TPSA) is 73.8 Å². The summed E-state index contributed by atoms with van der Waals surface area (Å²) in [6.45, 7) is 3.97. The van der Waals surface area contributed by atoms with Gasteiger partial charge >= 0.3 is 0 Å². The van der Waals surface area contributed by atoms with Crippen LogP contribution in [0.25, 0.3) is 22.8 Å². The van der Waals surface area contributed by atoms with Gasteiger partial charge in [-0.3, -0.25) is 4.79 Å². The van der Waals surface area contributed by atoms with Crippen molar-refractivity contribution < 1.29 is 18.0 Å². The van der Waals surface area contributed by atoms with E-state index in [1.807, 2.05) is 13.8 Å². The monoisotopic (exact) mass is 504 g/mol. The van der Waals surface area contributed by atoms with E-state index in [0.29, 0.717) is 41.0 Å². The summed E-state index contributed by atoms with van der Waals surface area (Å²) >= 11 is 0. The highest BCUT2D eigenvalue weighted by atomic mass is 19.1. The summed E-state index contributed by atoms with van der Waals surface area (Å²) in [5.74, 6) is 2.52. The van der Waals surface area contributed by atoms with E-state index in [1.54, 1.807) is 28.9 Å². The van der Waals surface area contributed by atoms with Gasteiger partial charge in [0.05, 0.1) is 5.69 Å². The van der Waals surface area contributed by atoms with E-state index in [0.717, 1.165) is 49.4 Å². The van der Waals surface area contributed by atoms with Crippen LogP contribution in [0.3, 0.4) is 0 Å². The molecule has 1 saturated carbocycles. The average Bonchev–Trinajstić information content (AvgIpc) is 3.35. The lowest BCUT2D eigenvalue weighted by Gasteiger charge is -2.14. The predicted molar refractivity (Wildman–Crippen MR) is 136 cm³/mol. The largest absolute Gasteiger partial charge is 0.445 e. The van der Waals surface area contributed by atoms with E-state index in [4.69, 9.17) is 4.42 Å². The number of hydrogen-bond donors (Lipinski definition) is 0. The molecule has 1 aliphatic rings. The summed E-state index contributed by atoms with van der Waals surface area (Å²) in [7, 11) is 0. The summed E-state index contributed by atoms with van der Waals surface area (Å²) in [4.78, 5) is 22.4. The number of aromatic nitrogens is 4. The molecule has 6 nitrogen and oxygen atoms in total. The Kier molecular flexibility index (Phi) is 7.26. The molecule has 0 bridgehead atoms. The van der Waals surface area contributed by atoms with Crippen LogP contribution in [0.2, 0.25) is 0 Å². The Hall–Kier alpha value is -3.68. The number of Topliss-reactive ketones (excluding diaryl/α,β-unsaturated/α-hetero) is 1. The number of benzene rings is 2. The first-order chi connectivity index (χ1) is 17.9. The molecule has 2 heterocycles. The Morgan fingerprint density at radius 2 is 1.59 bits per heavy atom. The molecule has 2 aromatic carbocycles. The van der Waals surface area contributed by atoms with Crippen molar-refractivity contribution in [2.24, 2.45) is 5.92 Å². The van der Waals surface area contributed by atoms with Gasteiger partial charge in [0, 0.05) is 23.5 Å². The van der Waals surface area contributed by atoms with Crippen LogP contribution in [0.1, 0.15) is 61.8 Å². The van der Waals surface area contributed by atoms with Gasteiger partial charge in [-0.15, -0.1) is 5.10 Å². The van der Waals surface area contributed by atoms with Gasteiger partial charge in [-0.1, -0.05) is 6.42 Å². The third kappa shape index (κ3) is 5.84. The fraction of sp³-hybridized carbons (Fsp3) is 0.379. The molecule has 5 rings (SSSR count). The van der Waals surface area contributed by atoms with Crippen molar-refractivity contribution in [3.05, 3.63) is 77.5 Å². The highest BCUT2D eigenvalue weighted by Crippen LogP contribution is 2.36. The lowest BCUT2D eigenvalue weighted by Crippen LogP contribution is -2.16. The van der Waals surface area contributed by atoms with E-state index in [-0.39, 0.29) is 24.0 Å². The maximum atomic E-state index is 13.5. The Bertz CT molecular complexity index is 1360. The van der Waals surface area contributed by atoms with Crippen LogP contribution < -0.4 is 0 Å². The molecule has 0 N–H and O–H groups in total. The molecular formula is C29H30F2N4O2. The Labute approximate surface area is 214 Å². The summed E-state index contributed by atoms with van der Waals surface area (Å²) in [6, 6.07) is 11.8. The highest BCUT2D eigenvalue weighted by Gasteiger charge is 2.26. The zero-order valence-corrected chi connectivity index (χ0v) is 21.1. The van der Waals surface area contributed by atoms with Crippen molar-refractivity contribution in [1.82, 2.24) is 19.7 Å². The standard InChI is InChI=1S/C29H30F2N4O2/c1-18-19(2)37-29(32-18)23-5-3-4-20(6-7-23)16-26(36)17-35-28(22-10-14-25(31)15-11-22)33-27(34-35)21-8-12-24(30)13-9-21/h8-15,20,23H,3-7,16-17H2,1-2H3. The first kappa shape index (κ1) is 25.0. The minimum absolute atomic E-state index is 0.0684. The molecule has 0 aliphatic heterocycles. The van der Waals surface area contributed by atoms with Crippen LogP contribution in [-0.2, 0) is 11.3 Å². The summed E-state index contributed by atoms with van der Waals surface area (Å²) in [6.07, 6.45) is 5.40. The van der Waals surface area contributed by atoms with Crippen molar-refractivity contribution in [1.29, 1.82) is 0 Å². The molecule has 192 valence electrons. The molecule has 0 saturated heterocycles. The molecule has 37 heavy (non-hydrogen) atoms. The van der Waals surface area contributed by atoms with Crippen molar-refractivity contribution in [3.63, 3.8) is 0 Å². The predicted octanol–water partition coefficient (Wildman–Crippen LogP) is 6.82. The van der Waals surface area contributed by atoms with Gasteiger partial charge in [0.1, 0.15) is 23.9 Å². The van der Waals surface area contributed by atoms with E-state index in [1.165, 1.54) is 24.3 Å². The van der Waals surface area contributed by atoms with Gasteiger partial charge in [0.25, 0.3) is 0 Å². The molecule has 2 aromatic heterocycles. The number of carbonyl (C=O) groups excluding carboxylic acids is 1. The van der Waals surface area contributed by atoms with Crippen molar-refractivity contribution in [2.45, 2.75) is 64.8 Å². The van der Waals surface area contributed by atoms with Crippen molar-refractivity contribution >= 4 is 5.78 Å². The van der Waals surface area contributed by atoms with E-state index >= 15 is 0 Å². The molecule has 4 aromatic rings. The van der Waals surface area contributed by atoms with Crippen LogP contribution in [0, 0.1) is 31.4 Å². The number of carbonyl (C=O) groups is 1. The minimum atomic E-state index is -0.355. The first-order valence-corrected chi connectivity index (χ1v) is 12.8. The molecule has 1 aliphatic carbocycles. The zero-order valence-electron chi connectivity index (χ0n) is 21.1. The third-order valence-corrected chi connectivity index (χ3v) is 7.20. The third-order valence-electron chi connectivity index (χ3n) is 7.20. The Morgan fingerprint density at radius 3 is 2.24 bits per heavy atom. The maximum Gasteiger partial charge on any atom is 0.197 e. The number of ketones is 1. The van der Waals surface area contributed by atoms with Gasteiger partial charge < -0.3 is 4.42 Å². The number of aryl methyl sites for hydroxylation is 2. The molecule has 1 fully saturated rings. The second-order valence-corrected chi connectivity index (χ2v) is 9.94. The van der Waals surface area contributed by atoms with Crippen LogP contribution in [0.15, 0.2) is 52.9 Å². The lowest BCUT2D eigenvalue weighted by molar-refractivity contribution is -0.120. The second-order valence-electron chi connectivity index (χ2n) is 9.94. The number of hydrogen-bond acceptors (Lipinski definition) is 5. The summed E-state index contributed by atoms with van der Waals surface area (Å²) < 4.78 is 34.4. The van der Waals surface area contributed by atoms with E-state index < -0.39 is 0 Å². The van der Waals surface area contributed by atoms with Crippen LogP contribution in [-0.4, -0.2) is 25.5 Å². The van der Waals surface area contributed by atoms with Gasteiger partial charge in [-0.25, -0.2) is 23.4 Å². The normalized spacial score (nSPS) is 18.1. The van der Waals surface area contributed by atoms with Crippen LogP contribution in [0.4, 0.5) is 8.78 Å². The molecule has 2 unspecified atom stereocenters. The zero-order chi connectivity index (χ0) is 25.9. The van der Waals surface area contributed by atoms with E-state index in [2.05, 4.69) is 15.1 Å². The fourth-order valence-electron chi connectivity index (χ4n) is 5.04. The number of oxazole rings is 1. The first-order valence-electron chi connectivity index (χ1n) is 12.8. The fourth-order valence-corrected chi connectivity index (χ4v) is 5.04. The van der Waals surface area contributed by atoms with Crippen molar-refractivity contribution in [2.75, 3.05) is 0 Å².